The fraction of sp³-hybridized carbons (Fsp3) is 0.500. The average Bonchev–Trinajstić information content (AvgIpc) is 2.43. The summed E-state index contributed by atoms with van der Waals surface area (Å²) in [6.07, 6.45) is 2.26. The monoisotopic (exact) mass is 226 g/mol. The van der Waals surface area contributed by atoms with Gasteiger partial charge in [0.1, 0.15) is 7.85 Å². The highest BCUT2D eigenvalue weighted by Crippen LogP contribution is 2.49. The van der Waals surface area contributed by atoms with Crippen molar-refractivity contribution in [1.82, 2.24) is 0 Å². The molecule has 0 fully saturated rings. The van der Waals surface area contributed by atoms with Crippen molar-refractivity contribution in [1.29, 1.82) is 0 Å². The van der Waals surface area contributed by atoms with Crippen LogP contribution >= 0.6 is 0 Å². The summed E-state index contributed by atoms with van der Waals surface area (Å²) in [6, 6.07) is 6.93. The van der Waals surface area contributed by atoms with E-state index in [9.17, 15) is 0 Å². The number of hydrogen-bond donors (Lipinski definition) is 0. The van der Waals surface area contributed by atoms with Gasteiger partial charge >= 0.3 is 0 Å². The van der Waals surface area contributed by atoms with Crippen LogP contribution in [0.1, 0.15) is 50.8 Å². The van der Waals surface area contributed by atoms with Gasteiger partial charge < -0.3 is 0 Å². The van der Waals surface area contributed by atoms with Gasteiger partial charge in [-0.2, -0.15) is 0 Å². The smallest absolute Gasteiger partial charge is 0.0960 e. The summed E-state index contributed by atoms with van der Waals surface area (Å²) in [6.45, 7) is 13.6. The lowest BCUT2D eigenvalue weighted by atomic mass is 9.82. The molecule has 17 heavy (non-hydrogen) atoms. The molecule has 1 aliphatic carbocycles. The van der Waals surface area contributed by atoms with Gasteiger partial charge in [-0.25, -0.2) is 0 Å². The Morgan fingerprint density at radius 2 is 1.76 bits per heavy atom. The maximum absolute atomic E-state index is 4.15. The second kappa shape index (κ2) is 3.76. The molecular formula is C16H23B. The number of fused-ring (bicyclic) bond motifs is 1. The number of allylic oxidation sites excluding steroid dienone is 1. The third-order valence-electron chi connectivity index (χ3n) is 4.20. The molecule has 1 heteroatoms. The molecule has 0 spiro atoms. The van der Waals surface area contributed by atoms with E-state index < -0.39 is 0 Å². The maximum atomic E-state index is 4.15. The first-order chi connectivity index (χ1) is 7.78. The van der Waals surface area contributed by atoms with Crippen LogP contribution in [0, 0.1) is 0 Å². The van der Waals surface area contributed by atoms with Gasteiger partial charge in [-0.3, -0.25) is 0 Å². The van der Waals surface area contributed by atoms with E-state index >= 15 is 0 Å². The molecule has 90 valence electrons. The lowest BCUT2D eigenvalue weighted by molar-refractivity contribution is 0.403. The van der Waals surface area contributed by atoms with Gasteiger partial charge in [0.15, 0.2) is 0 Å². The summed E-state index contributed by atoms with van der Waals surface area (Å²) in [5.41, 5.74) is 6.21. The minimum absolute atomic E-state index is 0.295. The summed E-state index contributed by atoms with van der Waals surface area (Å²) in [7, 11) is 2.17. The second-order valence-electron chi connectivity index (χ2n) is 6.66. The van der Waals surface area contributed by atoms with E-state index in [0.29, 0.717) is 10.8 Å². The van der Waals surface area contributed by atoms with Crippen molar-refractivity contribution in [2.75, 3.05) is 0 Å². The molecule has 0 N–H and O–H groups in total. The molecule has 1 aromatic carbocycles. The Labute approximate surface area is 107 Å². The highest BCUT2D eigenvalue weighted by molar-refractivity contribution is 6.14. The highest BCUT2D eigenvalue weighted by atomic mass is 14.5. The van der Waals surface area contributed by atoms with Crippen molar-refractivity contribution in [3.8, 4) is 0 Å². The fourth-order valence-corrected chi connectivity index (χ4v) is 3.41. The topological polar surface area (TPSA) is 0 Å². The van der Waals surface area contributed by atoms with Crippen molar-refractivity contribution >= 4 is 13.4 Å². The van der Waals surface area contributed by atoms with E-state index in [4.69, 9.17) is 0 Å². The van der Waals surface area contributed by atoms with Gasteiger partial charge in [0.2, 0.25) is 0 Å². The van der Waals surface area contributed by atoms with Crippen LogP contribution in [0.5, 0.6) is 0 Å². The lowest BCUT2D eigenvalue weighted by Gasteiger charge is -2.22. The molecule has 0 amide bonds. The summed E-state index contributed by atoms with van der Waals surface area (Å²) >= 11 is 0. The molecule has 2 rings (SSSR count). The summed E-state index contributed by atoms with van der Waals surface area (Å²) in [5, 5.41) is 0. The second-order valence-corrected chi connectivity index (χ2v) is 6.66. The largest absolute Gasteiger partial charge is 0.107 e. The van der Waals surface area contributed by atoms with E-state index in [1.165, 1.54) is 28.7 Å². The maximum Gasteiger partial charge on any atom is 0.107 e. The minimum atomic E-state index is 0.295. The number of rotatable bonds is 2. The van der Waals surface area contributed by atoms with Gasteiger partial charge in [-0.1, -0.05) is 64.4 Å². The van der Waals surface area contributed by atoms with Crippen LogP contribution in [0.25, 0.3) is 5.57 Å². The van der Waals surface area contributed by atoms with E-state index in [1.807, 2.05) is 0 Å². The van der Waals surface area contributed by atoms with Crippen molar-refractivity contribution in [3.63, 3.8) is 0 Å². The molecule has 0 nitrogen and oxygen atoms in total. The molecule has 1 aromatic rings. The molecule has 0 saturated heterocycles. The Morgan fingerprint density at radius 3 is 2.35 bits per heavy atom. The molecule has 0 heterocycles. The van der Waals surface area contributed by atoms with Gasteiger partial charge in [0, 0.05) is 0 Å². The van der Waals surface area contributed by atoms with Crippen molar-refractivity contribution in [3.05, 3.63) is 41.5 Å². The summed E-state index contributed by atoms with van der Waals surface area (Å²) in [5.74, 6) is 0. The zero-order valence-corrected chi connectivity index (χ0v) is 11.9. The first-order valence-corrected chi connectivity index (χ1v) is 6.61. The standard InChI is InChI=1S/C16H23B/c1-11(9-17)12-6-7-13-14(8-12)16(4,5)10-15(13,2)3/h6-8H,1,9-10,17H2,2-5H3. The van der Waals surface area contributed by atoms with Crippen LogP contribution in [0.3, 0.4) is 0 Å². The van der Waals surface area contributed by atoms with Gasteiger partial charge in [0.05, 0.1) is 0 Å². The SMILES string of the molecule is BCC(=C)c1ccc2c(c1)C(C)(C)CC2(C)C. The third kappa shape index (κ3) is 1.96. The number of hydrogen-bond acceptors (Lipinski definition) is 0. The Kier molecular flexibility index (Phi) is 2.76. The van der Waals surface area contributed by atoms with Crippen molar-refractivity contribution in [2.45, 2.75) is 51.3 Å². The zero-order valence-electron chi connectivity index (χ0n) is 11.9. The van der Waals surface area contributed by atoms with Crippen LogP contribution in [0.4, 0.5) is 0 Å². The van der Waals surface area contributed by atoms with Crippen LogP contribution < -0.4 is 0 Å². The minimum Gasteiger partial charge on any atom is -0.0960 e. The molecule has 0 unspecified atom stereocenters. The molecule has 0 aromatic heterocycles. The predicted octanol–water partition coefficient (Wildman–Crippen LogP) is 3.71. The van der Waals surface area contributed by atoms with Crippen molar-refractivity contribution < 1.29 is 0 Å². The van der Waals surface area contributed by atoms with Gasteiger partial charge in [-0.05, 0) is 33.9 Å². The lowest BCUT2D eigenvalue weighted by Crippen LogP contribution is -2.17. The number of benzene rings is 1. The molecule has 0 saturated carbocycles. The molecule has 0 bridgehead atoms. The molecular weight excluding hydrogens is 203 g/mol. The quantitative estimate of drug-likeness (QED) is 0.674. The molecule has 0 atom stereocenters. The Balaban J connectivity index is 2.57. The fourth-order valence-electron chi connectivity index (χ4n) is 3.41. The van der Waals surface area contributed by atoms with Gasteiger partial charge in [0.25, 0.3) is 0 Å². The molecule has 1 aliphatic rings. The first-order valence-electron chi connectivity index (χ1n) is 6.61. The third-order valence-corrected chi connectivity index (χ3v) is 4.20. The summed E-state index contributed by atoms with van der Waals surface area (Å²) < 4.78 is 0. The van der Waals surface area contributed by atoms with Crippen molar-refractivity contribution in [2.24, 2.45) is 0 Å². The van der Waals surface area contributed by atoms with Crippen LogP contribution in [-0.2, 0) is 10.8 Å². The average molecular weight is 226 g/mol. The highest BCUT2D eigenvalue weighted by Gasteiger charge is 2.41. The van der Waals surface area contributed by atoms with Crippen LogP contribution in [-0.4, -0.2) is 7.85 Å². The summed E-state index contributed by atoms with van der Waals surface area (Å²) in [4.78, 5) is 0. The zero-order chi connectivity index (χ0) is 12.8. The Morgan fingerprint density at radius 1 is 1.18 bits per heavy atom. The molecule has 0 radical (unpaired) electrons. The van der Waals surface area contributed by atoms with E-state index in [0.717, 1.165) is 6.32 Å². The van der Waals surface area contributed by atoms with Crippen LogP contribution in [0.15, 0.2) is 24.8 Å². The first kappa shape index (κ1) is 12.5. The van der Waals surface area contributed by atoms with E-state index in [2.05, 4.69) is 60.3 Å². The van der Waals surface area contributed by atoms with Crippen LogP contribution in [0.2, 0.25) is 6.32 Å². The van der Waals surface area contributed by atoms with Gasteiger partial charge in [-0.15, -0.1) is 0 Å². The van der Waals surface area contributed by atoms with E-state index in [1.54, 1.807) is 0 Å². The van der Waals surface area contributed by atoms with E-state index in [-0.39, 0.29) is 0 Å². The Bertz CT molecular complexity index is 466. The molecule has 0 aliphatic heterocycles. The normalized spacial score (nSPS) is 20.0. The predicted molar refractivity (Wildman–Crippen MR) is 79.5 cm³/mol. The Hall–Kier alpha value is -0.975.